The van der Waals surface area contributed by atoms with Crippen molar-refractivity contribution in [1.82, 2.24) is 9.88 Å². The Morgan fingerprint density at radius 3 is 3.00 bits per heavy atom. The summed E-state index contributed by atoms with van der Waals surface area (Å²) in [5.41, 5.74) is 1.64. The van der Waals surface area contributed by atoms with Crippen molar-refractivity contribution in [2.75, 3.05) is 13.6 Å². The summed E-state index contributed by atoms with van der Waals surface area (Å²) in [4.78, 5) is 17.2. The summed E-state index contributed by atoms with van der Waals surface area (Å²) in [7, 11) is 1.75. The van der Waals surface area contributed by atoms with Gasteiger partial charge in [-0.3, -0.25) is 4.79 Å². The van der Waals surface area contributed by atoms with Gasteiger partial charge < -0.3 is 15.0 Å². The Morgan fingerprint density at radius 2 is 2.26 bits per heavy atom. The lowest BCUT2D eigenvalue weighted by Crippen LogP contribution is -2.35. The molecule has 2 N–H and O–H groups in total. The maximum Gasteiger partial charge on any atom is 0.254 e. The molecule has 0 radical (unpaired) electrons. The average molecular weight is 258 g/mol. The van der Waals surface area contributed by atoms with E-state index in [1.807, 2.05) is 30.5 Å². The number of fused-ring (bicyclic) bond motifs is 1. The first-order valence-corrected chi connectivity index (χ1v) is 6.66. The molecule has 1 amide bonds. The van der Waals surface area contributed by atoms with Crippen molar-refractivity contribution in [3.8, 4) is 0 Å². The molecule has 0 aliphatic heterocycles. The van der Waals surface area contributed by atoms with Crippen LogP contribution in [0.2, 0.25) is 0 Å². The van der Waals surface area contributed by atoms with Gasteiger partial charge in [-0.05, 0) is 37.0 Å². The van der Waals surface area contributed by atoms with E-state index < -0.39 is 0 Å². The van der Waals surface area contributed by atoms with Crippen molar-refractivity contribution >= 4 is 16.8 Å². The van der Waals surface area contributed by atoms with Gasteiger partial charge in [-0.15, -0.1) is 0 Å². The number of hydrogen-bond donors (Lipinski definition) is 2. The van der Waals surface area contributed by atoms with E-state index in [0.29, 0.717) is 18.0 Å². The molecule has 0 bridgehead atoms. The number of nitrogens with one attached hydrogen (secondary N) is 1. The van der Waals surface area contributed by atoms with Crippen LogP contribution in [0.1, 0.15) is 23.2 Å². The lowest BCUT2D eigenvalue weighted by molar-refractivity contribution is 0.0647. The largest absolute Gasteiger partial charge is 0.391 e. The topological polar surface area (TPSA) is 56.3 Å². The van der Waals surface area contributed by atoms with Gasteiger partial charge in [0.25, 0.3) is 5.91 Å². The summed E-state index contributed by atoms with van der Waals surface area (Å²) >= 11 is 0. The molecule has 0 spiro atoms. The van der Waals surface area contributed by atoms with Crippen molar-refractivity contribution in [1.29, 1.82) is 0 Å². The maximum atomic E-state index is 12.4. The fourth-order valence-electron chi connectivity index (χ4n) is 2.47. The lowest BCUT2D eigenvalue weighted by atomic mass is 10.1. The molecule has 2 aromatic rings. The van der Waals surface area contributed by atoms with E-state index in [4.69, 9.17) is 0 Å². The number of likely N-dealkylation sites (N-methyl/N-ethyl adjacent to an activating group) is 1. The van der Waals surface area contributed by atoms with E-state index in [2.05, 4.69) is 4.98 Å². The van der Waals surface area contributed by atoms with Gasteiger partial charge in [-0.2, -0.15) is 0 Å². The molecule has 1 aliphatic rings. The highest BCUT2D eigenvalue weighted by atomic mass is 16.3. The van der Waals surface area contributed by atoms with E-state index in [1.54, 1.807) is 11.9 Å². The van der Waals surface area contributed by atoms with Crippen molar-refractivity contribution < 1.29 is 9.90 Å². The van der Waals surface area contributed by atoms with Gasteiger partial charge in [0.05, 0.1) is 6.10 Å². The summed E-state index contributed by atoms with van der Waals surface area (Å²) in [5, 5.41) is 10.9. The number of carbonyl (C=O) groups is 1. The number of aromatic amines is 1. The fourth-order valence-corrected chi connectivity index (χ4v) is 2.47. The highest BCUT2D eigenvalue weighted by Crippen LogP contribution is 2.33. The molecule has 1 aliphatic carbocycles. The molecule has 1 aromatic heterocycles. The summed E-state index contributed by atoms with van der Waals surface area (Å²) < 4.78 is 0. The number of carbonyl (C=O) groups excluding carboxylic acids is 1. The summed E-state index contributed by atoms with van der Waals surface area (Å²) in [6.07, 6.45) is 3.60. The third-order valence-electron chi connectivity index (χ3n) is 3.80. The minimum atomic E-state index is -0.389. The van der Waals surface area contributed by atoms with E-state index >= 15 is 0 Å². The van der Waals surface area contributed by atoms with Crippen LogP contribution in [0.3, 0.4) is 0 Å². The molecule has 19 heavy (non-hydrogen) atoms. The SMILES string of the molecule is CN(CC(O)C1CC1)C(=O)c1cccc2[nH]ccc12. The zero-order valence-electron chi connectivity index (χ0n) is 11.0. The normalized spacial score (nSPS) is 16.5. The second-order valence-corrected chi connectivity index (χ2v) is 5.33. The zero-order valence-corrected chi connectivity index (χ0v) is 11.0. The highest BCUT2D eigenvalue weighted by Gasteiger charge is 2.31. The Bertz CT molecular complexity index is 601. The number of amides is 1. The number of benzene rings is 1. The van der Waals surface area contributed by atoms with Crippen LogP contribution in [0, 0.1) is 5.92 Å². The smallest absolute Gasteiger partial charge is 0.254 e. The molecule has 0 saturated heterocycles. The third kappa shape index (κ3) is 2.36. The molecule has 1 fully saturated rings. The molecule has 1 atom stereocenters. The number of hydrogen-bond acceptors (Lipinski definition) is 2. The summed E-state index contributed by atoms with van der Waals surface area (Å²) in [5.74, 6) is 0.350. The Balaban J connectivity index is 1.80. The van der Waals surface area contributed by atoms with Gasteiger partial charge in [0, 0.05) is 36.3 Å². The predicted octanol–water partition coefficient (Wildman–Crippen LogP) is 2.01. The molecule has 100 valence electrons. The molecule has 4 heteroatoms. The van der Waals surface area contributed by atoms with E-state index in [1.165, 1.54) is 0 Å². The molecular formula is C15H18N2O2. The number of aliphatic hydroxyl groups excluding tert-OH is 1. The van der Waals surface area contributed by atoms with Crippen LogP contribution < -0.4 is 0 Å². The number of aliphatic hydroxyl groups is 1. The minimum absolute atomic E-state index is 0.0371. The van der Waals surface area contributed by atoms with E-state index in [9.17, 15) is 9.90 Å². The zero-order chi connectivity index (χ0) is 13.4. The Labute approximate surface area is 112 Å². The highest BCUT2D eigenvalue weighted by molar-refractivity contribution is 6.06. The molecule has 1 unspecified atom stereocenters. The van der Waals surface area contributed by atoms with Crippen molar-refractivity contribution in [2.45, 2.75) is 18.9 Å². The monoisotopic (exact) mass is 258 g/mol. The standard InChI is InChI=1S/C15H18N2O2/c1-17(9-14(18)10-5-6-10)15(19)12-3-2-4-13-11(12)7-8-16-13/h2-4,7-8,10,14,16,18H,5-6,9H2,1H3. The van der Waals surface area contributed by atoms with Gasteiger partial charge in [0.1, 0.15) is 0 Å². The number of H-pyrrole nitrogens is 1. The Hall–Kier alpha value is -1.81. The molecule has 1 aromatic carbocycles. The van der Waals surface area contributed by atoms with E-state index in [0.717, 1.165) is 23.7 Å². The van der Waals surface area contributed by atoms with Crippen LogP contribution >= 0.6 is 0 Å². The number of aromatic nitrogens is 1. The van der Waals surface area contributed by atoms with Crippen LogP contribution in [-0.2, 0) is 0 Å². The quantitative estimate of drug-likeness (QED) is 0.881. The fraction of sp³-hybridized carbons (Fsp3) is 0.400. The second kappa shape index (κ2) is 4.70. The molecule has 1 heterocycles. The Kier molecular flexibility index (Phi) is 3.03. The average Bonchev–Trinajstić information content (AvgIpc) is 3.15. The summed E-state index contributed by atoms with van der Waals surface area (Å²) in [6.45, 7) is 0.407. The first-order valence-electron chi connectivity index (χ1n) is 6.66. The van der Waals surface area contributed by atoms with Crippen molar-refractivity contribution in [3.63, 3.8) is 0 Å². The minimum Gasteiger partial charge on any atom is -0.391 e. The van der Waals surface area contributed by atoms with Crippen LogP contribution in [-0.4, -0.2) is 40.6 Å². The summed E-state index contributed by atoms with van der Waals surface area (Å²) in [6, 6.07) is 7.56. The van der Waals surface area contributed by atoms with Crippen LogP contribution in [0.25, 0.3) is 10.9 Å². The second-order valence-electron chi connectivity index (χ2n) is 5.33. The van der Waals surface area contributed by atoms with Gasteiger partial charge >= 0.3 is 0 Å². The molecule has 3 rings (SSSR count). The molecule has 4 nitrogen and oxygen atoms in total. The van der Waals surface area contributed by atoms with Crippen molar-refractivity contribution in [3.05, 3.63) is 36.0 Å². The van der Waals surface area contributed by atoms with Crippen LogP contribution in [0.4, 0.5) is 0 Å². The third-order valence-corrected chi connectivity index (χ3v) is 3.80. The predicted molar refractivity (Wildman–Crippen MR) is 74.0 cm³/mol. The van der Waals surface area contributed by atoms with Gasteiger partial charge in [0.2, 0.25) is 0 Å². The number of rotatable bonds is 4. The first-order chi connectivity index (χ1) is 9.16. The number of nitrogens with zero attached hydrogens (tertiary/aromatic N) is 1. The van der Waals surface area contributed by atoms with E-state index in [-0.39, 0.29) is 12.0 Å². The van der Waals surface area contributed by atoms with Gasteiger partial charge in [-0.25, -0.2) is 0 Å². The van der Waals surface area contributed by atoms with Crippen LogP contribution in [0.5, 0.6) is 0 Å². The van der Waals surface area contributed by atoms with Crippen molar-refractivity contribution in [2.24, 2.45) is 5.92 Å². The lowest BCUT2D eigenvalue weighted by Gasteiger charge is -2.21. The first kappa shape index (κ1) is 12.2. The molecular weight excluding hydrogens is 240 g/mol. The Morgan fingerprint density at radius 1 is 1.47 bits per heavy atom. The van der Waals surface area contributed by atoms with Gasteiger partial charge in [0.15, 0.2) is 0 Å². The molecule has 1 saturated carbocycles. The van der Waals surface area contributed by atoms with Crippen LogP contribution in [0.15, 0.2) is 30.5 Å². The maximum absolute atomic E-state index is 12.4. The van der Waals surface area contributed by atoms with Gasteiger partial charge in [-0.1, -0.05) is 6.07 Å².